The number of rotatable bonds is 3. The number of carbonyl (C=O) groups excluding carboxylic acids is 1. The smallest absolute Gasteiger partial charge is 0.237 e. The van der Waals surface area contributed by atoms with E-state index in [4.69, 9.17) is 0 Å². The number of nitrogens with one attached hydrogen (secondary N) is 2. The topological polar surface area (TPSA) is 41.1 Å². The third-order valence-electron chi connectivity index (χ3n) is 4.26. The summed E-state index contributed by atoms with van der Waals surface area (Å²) in [4.78, 5) is 12.2. The zero-order valence-electron chi connectivity index (χ0n) is 14.1. The molecule has 1 aliphatic rings. The second kappa shape index (κ2) is 7.98. The van der Waals surface area contributed by atoms with E-state index in [1.807, 2.05) is 6.92 Å². The van der Waals surface area contributed by atoms with E-state index < -0.39 is 0 Å². The van der Waals surface area contributed by atoms with Crippen LogP contribution in [0, 0.1) is 0 Å². The van der Waals surface area contributed by atoms with Crippen molar-refractivity contribution in [3.05, 3.63) is 35.4 Å². The highest BCUT2D eigenvalue weighted by Crippen LogP contribution is 2.24. The Morgan fingerprint density at radius 2 is 1.86 bits per heavy atom. The second-order valence-electron chi connectivity index (χ2n) is 7.10. The fourth-order valence-electron chi connectivity index (χ4n) is 2.74. The Bertz CT molecular complexity index is 473. The van der Waals surface area contributed by atoms with Gasteiger partial charge in [0.1, 0.15) is 0 Å². The maximum absolute atomic E-state index is 12.2. The molecule has 22 heavy (non-hydrogen) atoms. The molecular formula is C18H29ClN2O. The molecule has 0 radical (unpaired) electrons. The number of halogens is 1. The van der Waals surface area contributed by atoms with Gasteiger partial charge in [0.15, 0.2) is 0 Å². The molecule has 0 spiro atoms. The van der Waals surface area contributed by atoms with Gasteiger partial charge in [-0.05, 0) is 42.9 Å². The van der Waals surface area contributed by atoms with Crippen LogP contribution in [0.2, 0.25) is 0 Å². The Labute approximate surface area is 140 Å². The summed E-state index contributed by atoms with van der Waals surface area (Å²) in [5, 5.41) is 6.42. The second-order valence-corrected chi connectivity index (χ2v) is 7.10. The first kappa shape index (κ1) is 19.0. The standard InChI is InChI=1S/C18H28N2O.ClH/c1-13(20-17(21)16-7-5-6-12-19-16)14-8-10-15(11-9-14)18(2,3)4;/h8-11,13,16,19H,5-7,12H2,1-4H3,(H,20,21);1H/t13?,16-;/m0./s1. The number of benzene rings is 1. The first-order valence-corrected chi connectivity index (χ1v) is 8.02. The van der Waals surface area contributed by atoms with Crippen LogP contribution in [0.15, 0.2) is 24.3 Å². The Morgan fingerprint density at radius 3 is 2.36 bits per heavy atom. The lowest BCUT2D eigenvalue weighted by atomic mass is 9.86. The van der Waals surface area contributed by atoms with Crippen molar-refractivity contribution in [1.29, 1.82) is 0 Å². The van der Waals surface area contributed by atoms with Gasteiger partial charge < -0.3 is 10.6 Å². The van der Waals surface area contributed by atoms with Crippen molar-refractivity contribution in [2.75, 3.05) is 6.54 Å². The molecule has 0 aromatic heterocycles. The van der Waals surface area contributed by atoms with Crippen molar-refractivity contribution in [3.63, 3.8) is 0 Å². The molecule has 2 N–H and O–H groups in total. The summed E-state index contributed by atoms with van der Waals surface area (Å²) < 4.78 is 0. The highest BCUT2D eigenvalue weighted by atomic mass is 35.5. The van der Waals surface area contributed by atoms with Crippen LogP contribution in [0.25, 0.3) is 0 Å². The summed E-state index contributed by atoms with van der Waals surface area (Å²) in [6, 6.07) is 8.61. The van der Waals surface area contributed by atoms with E-state index in [1.165, 1.54) is 12.0 Å². The van der Waals surface area contributed by atoms with Crippen LogP contribution in [0.1, 0.15) is 64.1 Å². The zero-order valence-corrected chi connectivity index (χ0v) is 14.9. The van der Waals surface area contributed by atoms with E-state index >= 15 is 0 Å². The Kier molecular flexibility index (Phi) is 6.89. The van der Waals surface area contributed by atoms with Gasteiger partial charge >= 0.3 is 0 Å². The Morgan fingerprint density at radius 1 is 1.23 bits per heavy atom. The van der Waals surface area contributed by atoms with Gasteiger partial charge in [0.05, 0.1) is 12.1 Å². The molecule has 1 aromatic rings. The maximum Gasteiger partial charge on any atom is 0.237 e. The van der Waals surface area contributed by atoms with Crippen LogP contribution in [-0.2, 0) is 10.2 Å². The molecule has 2 atom stereocenters. The number of carbonyl (C=O) groups is 1. The molecule has 1 amide bonds. The fraction of sp³-hybridized carbons (Fsp3) is 0.611. The predicted molar refractivity (Wildman–Crippen MR) is 94.6 cm³/mol. The molecule has 0 saturated carbocycles. The van der Waals surface area contributed by atoms with Crippen molar-refractivity contribution < 1.29 is 4.79 Å². The van der Waals surface area contributed by atoms with Crippen LogP contribution in [0.3, 0.4) is 0 Å². The van der Waals surface area contributed by atoms with Gasteiger partial charge in [-0.2, -0.15) is 0 Å². The van der Waals surface area contributed by atoms with Gasteiger partial charge in [0, 0.05) is 0 Å². The lowest BCUT2D eigenvalue weighted by molar-refractivity contribution is -0.124. The molecule has 2 rings (SSSR count). The summed E-state index contributed by atoms with van der Waals surface area (Å²) in [7, 11) is 0. The van der Waals surface area contributed by atoms with Crippen molar-refractivity contribution in [3.8, 4) is 0 Å². The third kappa shape index (κ3) is 4.99. The minimum Gasteiger partial charge on any atom is -0.348 e. The summed E-state index contributed by atoms with van der Waals surface area (Å²) in [5.74, 6) is 0.127. The van der Waals surface area contributed by atoms with Gasteiger partial charge in [-0.25, -0.2) is 0 Å². The monoisotopic (exact) mass is 324 g/mol. The van der Waals surface area contributed by atoms with Crippen LogP contribution in [0.5, 0.6) is 0 Å². The van der Waals surface area contributed by atoms with Crippen LogP contribution in [0.4, 0.5) is 0 Å². The molecule has 1 aliphatic heterocycles. The zero-order chi connectivity index (χ0) is 15.5. The van der Waals surface area contributed by atoms with Crippen molar-refractivity contribution in [2.45, 2.75) is 64.5 Å². The van der Waals surface area contributed by atoms with Crippen LogP contribution in [-0.4, -0.2) is 18.5 Å². The Hall–Kier alpha value is -1.06. The first-order valence-electron chi connectivity index (χ1n) is 8.02. The van der Waals surface area contributed by atoms with Gasteiger partial charge in [0.25, 0.3) is 0 Å². The molecule has 0 aliphatic carbocycles. The quantitative estimate of drug-likeness (QED) is 0.889. The number of amides is 1. The van der Waals surface area contributed by atoms with Crippen molar-refractivity contribution >= 4 is 18.3 Å². The molecule has 3 nitrogen and oxygen atoms in total. The van der Waals surface area contributed by atoms with E-state index in [-0.39, 0.29) is 35.8 Å². The molecule has 1 unspecified atom stereocenters. The molecule has 124 valence electrons. The van der Waals surface area contributed by atoms with Gasteiger partial charge in [-0.1, -0.05) is 51.5 Å². The van der Waals surface area contributed by atoms with Crippen LogP contribution >= 0.6 is 12.4 Å². The van der Waals surface area contributed by atoms with Gasteiger partial charge in [-0.15, -0.1) is 12.4 Å². The number of hydrogen-bond donors (Lipinski definition) is 2. The summed E-state index contributed by atoms with van der Waals surface area (Å²) in [6.07, 6.45) is 3.26. The van der Waals surface area contributed by atoms with E-state index in [1.54, 1.807) is 0 Å². The highest BCUT2D eigenvalue weighted by molar-refractivity contribution is 5.85. The third-order valence-corrected chi connectivity index (χ3v) is 4.26. The molecule has 1 saturated heterocycles. The SMILES string of the molecule is CC(NC(=O)[C@@H]1CCCCN1)c1ccc(C(C)(C)C)cc1.Cl. The molecule has 1 aromatic carbocycles. The average molecular weight is 325 g/mol. The summed E-state index contributed by atoms with van der Waals surface area (Å²) in [6.45, 7) is 9.63. The largest absolute Gasteiger partial charge is 0.348 e. The van der Waals surface area contributed by atoms with E-state index in [0.717, 1.165) is 24.9 Å². The highest BCUT2D eigenvalue weighted by Gasteiger charge is 2.22. The van der Waals surface area contributed by atoms with E-state index in [9.17, 15) is 4.79 Å². The van der Waals surface area contributed by atoms with Gasteiger partial charge in [-0.3, -0.25) is 4.79 Å². The average Bonchev–Trinajstić information content (AvgIpc) is 2.47. The van der Waals surface area contributed by atoms with Crippen molar-refractivity contribution in [2.24, 2.45) is 0 Å². The fourth-order valence-corrected chi connectivity index (χ4v) is 2.74. The number of hydrogen-bond acceptors (Lipinski definition) is 2. The number of piperidine rings is 1. The normalized spacial score (nSPS) is 19.9. The lowest BCUT2D eigenvalue weighted by Crippen LogP contribution is -2.47. The minimum atomic E-state index is -0.0185. The van der Waals surface area contributed by atoms with Crippen molar-refractivity contribution in [1.82, 2.24) is 10.6 Å². The molecule has 4 heteroatoms. The maximum atomic E-state index is 12.2. The Balaban J connectivity index is 0.00000242. The molecule has 1 heterocycles. The van der Waals surface area contributed by atoms with Crippen LogP contribution < -0.4 is 10.6 Å². The van der Waals surface area contributed by atoms with E-state index in [2.05, 4.69) is 55.7 Å². The molecule has 0 bridgehead atoms. The lowest BCUT2D eigenvalue weighted by Gasteiger charge is -2.25. The molecule has 1 fully saturated rings. The minimum absolute atomic E-state index is 0. The first-order chi connectivity index (χ1) is 9.88. The predicted octanol–water partition coefficient (Wildman–Crippen LogP) is 3.73. The van der Waals surface area contributed by atoms with Gasteiger partial charge in [0.2, 0.25) is 5.91 Å². The summed E-state index contributed by atoms with van der Waals surface area (Å²) >= 11 is 0. The summed E-state index contributed by atoms with van der Waals surface area (Å²) in [5.41, 5.74) is 2.64. The molecular weight excluding hydrogens is 296 g/mol. The van der Waals surface area contributed by atoms with E-state index in [0.29, 0.717) is 0 Å².